The van der Waals surface area contributed by atoms with Crippen LogP contribution in [-0.4, -0.2) is 143 Å². The molecule has 0 aliphatic heterocycles. The smallest absolute Gasteiger partial charge is 0.326 e. The van der Waals surface area contributed by atoms with Gasteiger partial charge < -0.3 is 69.1 Å². The van der Waals surface area contributed by atoms with Gasteiger partial charge in [0.15, 0.2) is 5.65 Å². The van der Waals surface area contributed by atoms with E-state index in [1.807, 2.05) is 30.3 Å². The molecule has 0 radical (unpaired) electrons. The molecule has 2 heterocycles. The SMILES string of the molecule is C.CCC(C)C(NC(=O)C(CS)NC(=O)CNC(=O)Cn1nc(-c2ccccc2)c2c(N)ncnc21)C(=O)NC(Cc1ccc(O)cc1)C(=O)NC(CCCCN)C(=O)NC(Cc1ccc(O)cc1)C(=O)NC(Cc1ccc(O)cc1)C(=O)O. The summed E-state index contributed by atoms with van der Waals surface area (Å²) in [6.45, 7) is 2.77. The highest BCUT2D eigenvalue weighted by Gasteiger charge is 2.35. The number of carboxylic acids is 1. The number of carbonyl (C=O) groups is 8. The number of rotatable bonds is 30. The normalized spacial score (nSPS) is 13.5. The van der Waals surface area contributed by atoms with Gasteiger partial charge in [0.1, 0.15) is 77.9 Å². The molecule has 26 heteroatoms. The number of thiol groups is 1. The number of nitrogens with one attached hydrogen (secondary N) is 7. The first-order chi connectivity index (χ1) is 39.8. The van der Waals surface area contributed by atoms with Crippen molar-refractivity contribution in [3.8, 4) is 28.5 Å². The number of phenolic OH excluding ortho intramolecular Hbond substituents is 3. The van der Waals surface area contributed by atoms with E-state index in [-0.39, 0.29) is 80.7 Å². The average Bonchev–Trinajstić information content (AvgIpc) is 3.19. The summed E-state index contributed by atoms with van der Waals surface area (Å²) in [5.41, 5.74) is 14.9. The van der Waals surface area contributed by atoms with E-state index in [1.54, 1.807) is 13.8 Å². The maximum atomic E-state index is 14.6. The Bertz CT molecular complexity index is 3210. The highest BCUT2D eigenvalue weighted by atomic mass is 32.1. The third-order valence-electron chi connectivity index (χ3n) is 13.6. The van der Waals surface area contributed by atoms with Crippen LogP contribution in [0, 0.1) is 5.92 Å². The number of carbonyl (C=O) groups excluding carboxylic acids is 7. The van der Waals surface area contributed by atoms with Crippen LogP contribution in [0.2, 0.25) is 0 Å². The van der Waals surface area contributed by atoms with E-state index in [1.165, 1.54) is 83.8 Å². The maximum absolute atomic E-state index is 14.6. The summed E-state index contributed by atoms with van der Waals surface area (Å²) in [6.07, 6.45) is 1.77. The number of carboxylic acid groups (broad SMARTS) is 1. The van der Waals surface area contributed by atoms with Crippen LogP contribution < -0.4 is 48.7 Å². The molecular weight excluding hydrogens is 1100 g/mol. The van der Waals surface area contributed by atoms with E-state index < -0.39 is 96.0 Å². The highest BCUT2D eigenvalue weighted by molar-refractivity contribution is 7.80. The molecule has 84 heavy (non-hydrogen) atoms. The van der Waals surface area contributed by atoms with Crippen LogP contribution in [0.15, 0.2) is 109 Å². The second-order valence-corrected chi connectivity index (χ2v) is 20.1. The monoisotopic (exact) mass is 1180 g/mol. The number of unbranched alkanes of at least 4 members (excludes halogenated alkanes) is 1. The molecule has 7 atom stereocenters. The van der Waals surface area contributed by atoms with E-state index >= 15 is 0 Å². The van der Waals surface area contributed by atoms with E-state index in [4.69, 9.17) is 11.5 Å². The largest absolute Gasteiger partial charge is 0.508 e. The third kappa shape index (κ3) is 18.9. The van der Waals surface area contributed by atoms with Gasteiger partial charge in [-0.15, -0.1) is 0 Å². The number of aromatic nitrogens is 4. The molecule has 6 rings (SSSR count). The van der Waals surface area contributed by atoms with Crippen LogP contribution in [0.3, 0.4) is 0 Å². The van der Waals surface area contributed by atoms with Crippen molar-refractivity contribution in [3.05, 3.63) is 126 Å². The minimum absolute atomic E-state index is 0. The zero-order valence-electron chi connectivity index (χ0n) is 45.7. The fraction of sp³-hybridized carbons (Fsp3) is 0.362. The van der Waals surface area contributed by atoms with Gasteiger partial charge in [0.05, 0.1) is 11.9 Å². The van der Waals surface area contributed by atoms with Gasteiger partial charge in [-0.05, 0) is 84.8 Å². The van der Waals surface area contributed by atoms with Crippen LogP contribution in [0.25, 0.3) is 22.3 Å². The van der Waals surface area contributed by atoms with Crippen molar-refractivity contribution in [2.75, 3.05) is 24.6 Å². The van der Waals surface area contributed by atoms with Gasteiger partial charge in [0.2, 0.25) is 41.4 Å². The highest BCUT2D eigenvalue weighted by Crippen LogP contribution is 2.30. The number of amides is 7. The number of phenols is 3. The molecule has 0 saturated carbocycles. The molecule has 0 bridgehead atoms. The standard InChI is InChI=1S/C57H69N13O12S.CH4/c1-3-32(2)48(68-55(79)44(30-83)63-45(74)28-60-46(75)29-70-51-47(50(59)61-31-62-51)49(69-70)36-9-5-4-6-10-36)56(80)66-42(26-34-14-20-38(72)21-15-34)53(77)64-40(11-7-8-24-58)52(76)65-41(25-33-12-18-37(71)19-13-33)54(78)67-43(57(81)82)27-35-16-22-39(73)23-17-35;/h4-6,9-10,12-23,31-32,40-44,48,71-73,83H,3,7-8,11,24-30,58H2,1-2H3,(H,60,75)(H,63,74)(H,64,77)(H,65,76)(H,66,80)(H,67,78)(H,68,79)(H,81,82)(H2,59,61,62);1H4. The Balaban J connectivity index is 0.0000129. The van der Waals surface area contributed by atoms with Crippen LogP contribution in [-0.2, 0) is 64.2 Å². The first-order valence-corrected chi connectivity index (χ1v) is 27.4. The number of hydrogen-bond acceptors (Lipinski definition) is 17. The van der Waals surface area contributed by atoms with Gasteiger partial charge in [-0.1, -0.05) is 94.4 Å². The van der Waals surface area contributed by atoms with Gasteiger partial charge >= 0.3 is 5.97 Å². The van der Waals surface area contributed by atoms with Gasteiger partial charge in [-0.2, -0.15) is 17.7 Å². The Morgan fingerprint density at radius 2 is 1.10 bits per heavy atom. The Morgan fingerprint density at radius 3 is 1.61 bits per heavy atom. The molecule has 25 nitrogen and oxygen atoms in total. The number of anilines is 1. The second kappa shape index (κ2) is 31.8. The van der Waals surface area contributed by atoms with Gasteiger partial charge in [0, 0.05) is 30.6 Å². The fourth-order valence-electron chi connectivity index (χ4n) is 8.77. The summed E-state index contributed by atoms with van der Waals surface area (Å²) < 4.78 is 1.33. The second-order valence-electron chi connectivity index (χ2n) is 19.8. The van der Waals surface area contributed by atoms with Crippen molar-refractivity contribution >= 4 is 76.8 Å². The summed E-state index contributed by atoms with van der Waals surface area (Å²) in [5.74, 6) is -7.83. The summed E-state index contributed by atoms with van der Waals surface area (Å²) in [4.78, 5) is 119. The van der Waals surface area contributed by atoms with Gasteiger partial charge in [0.25, 0.3) is 0 Å². The number of hydrogen-bond donors (Lipinski definition) is 14. The molecule has 4 aromatic carbocycles. The van der Waals surface area contributed by atoms with Crippen molar-refractivity contribution in [2.45, 2.75) is 109 Å². The summed E-state index contributed by atoms with van der Waals surface area (Å²) in [5, 5.41) is 63.2. The lowest BCUT2D eigenvalue weighted by Gasteiger charge is -2.29. The minimum atomic E-state index is -1.48. The van der Waals surface area contributed by atoms with Crippen LogP contribution in [0.4, 0.5) is 5.82 Å². The number of nitrogen functional groups attached to an aromatic ring is 1. The number of benzene rings is 4. The topological polar surface area (TPSA) is 397 Å². The fourth-order valence-corrected chi connectivity index (χ4v) is 9.02. The predicted molar refractivity (Wildman–Crippen MR) is 316 cm³/mol. The number of fused-ring (bicyclic) bond motifs is 1. The lowest BCUT2D eigenvalue weighted by Crippen LogP contribution is -2.61. The quantitative estimate of drug-likeness (QED) is 0.0226. The molecule has 448 valence electrons. The van der Waals surface area contributed by atoms with Crippen LogP contribution in [0.5, 0.6) is 17.2 Å². The molecule has 6 aromatic rings. The molecule has 0 aliphatic carbocycles. The number of aromatic hydroxyl groups is 3. The number of nitrogens with two attached hydrogens (primary N) is 2. The average molecular weight is 1180 g/mol. The van der Waals surface area contributed by atoms with E-state index in [9.17, 15) is 58.8 Å². The molecule has 7 unspecified atom stereocenters. The Morgan fingerprint density at radius 1 is 0.607 bits per heavy atom. The first kappa shape index (κ1) is 65.5. The number of aliphatic carboxylic acids is 1. The molecule has 0 aliphatic rings. The van der Waals surface area contributed by atoms with E-state index in [0.29, 0.717) is 52.6 Å². The molecule has 0 fully saturated rings. The molecule has 0 spiro atoms. The van der Waals surface area contributed by atoms with Gasteiger partial charge in [-0.25, -0.2) is 19.4 Å². The molecular formula is C58H73N13O12S. The van der Waals surface area contributed by atoms with Crippen molar-refractivity contribution in [3.63, 3.8) is 0 Å². The van der Waals surface area contributed by atoms with E-state index in [0.717, 1.165) is 0 Å². The van der Waals surface area contributed by atoms with Crippen molar-refractivity contribution in [2.24, 2.45) is 11.7 Å². The molecule has 15 N–H and O–H groups in total. The predicted octanol–water partition coefficient (Wildman–Crippen LogP) is 1.77. The number of nitrogens with zero attached hydrogens (tertiary/aromatic N) is 4. The lowest BCUT2D eigenvalue weighted by molar-refractivity contribution is -0.142. The van der Waals surface area contributed by atoms with E-state index in [2.05, 4.69) is 64.9 Å². The van der Waals surface area contributed by atoms with Gasteiger partial charge in [-0.3, -0.25) is 33.6 Å². The summed E-state index contributed by atoms with van der Waals surface area (Å²) in [7, 11) is 0. The lowest BCUT2D eigenvalue weighted by atomic mass is 9.96. The summed E-state index contributed by atoms with van der Waals surface area (Å²) >= 11 is 4.29. The molecule has 0 saturated heterocycles. The Hall–Kier alpha value is -9.30. The minimum Gasteiger partial charge on any atom is -0.508 e. The van der Waals surface area contributed by atoms with Crippen molar-refractivity contribution in [1.82, 2.24) is 57.0 Å². The Labute approximate surface area is 490 Å². The zero-order chi connectivity index (χ0) is 60.2. The first-order valence-electron chi connectivity index (χ1n) is 26.7. The molecule has 7 amide bonds. The van der Waals surface area contributed by atoms with Crippen molar-refractivity contribution < 1.29 is 58.8 Å². The Kier molecular flexibility index (Phi) is 24.8. The van der Waals surface area contributed by atoms with Crippen molar-refractivity contribution in [1.29, 1.82) is 0 Å². The summed E-state index contributed by atoms with van der Waals surface area (Å²) in [6, 6.07) is 18.0. The zero-order valence-corrected chi connectivity index (χ0v) is 46.6. The molecule has 2 aromatic heterocycles. The van der Waals surface area contributed by atoms with Crippen LogP contribution >= 0.6 is 12.6 Å². The third-order valence-corrected chi connectivity index (χ3v) is 13.9. The van der Waals surface area contributed by atoms with Crippen LogP contribution in [0.1, 0.15) is 63.6 Å². The maximum Gasteiger partial charge on any atom is 0.326 e.